The molecule has 1 aromatic heterocycles. The molecule has 0 atom stereocenters. The molecule has 29 heavy (non-hydrogen) atoms. The van der Waals surface area contributed by atoms with Crippen LogP contribution in [0.4, 0.5) is 0 Å². The third-order valence-corrected chi connectivity index (χ3v) is 3.62. The van der Waals surface area contributed by atoms with Crippen LogP contribution in [-0.2, 0) is 16.1 Å². The van der Waals surface area contributed by atoms with Gasteiger partial charge in [-0.05, 0) is 36.4 Å². The van der Waals surface area contributed by atoms with E-state index in [-0.39, 0.29) is 13.2 Å². The van der Waals surface area contributed by atoms with Gasteiger partial charge in [0.15, 0.2) is 6.61 Å². The molecule has 3 aromatic rings. The Labute approximate surface area is 166 Å². The monoisotopic (exact) mass is 396 g/mol. The van der Waals surface area contributed by atoms with Crippen molar-refractivity contribution in [2.45, 2.75) is 13.5 Å². The van der Waals surface area contributed by atoms with E-state index in [1.165, 1.54) is 0 Å². The summed E-state index contributed by atoms with van der Waals surface area (Å²) >= 11 is 0. The van der Waals surface area contributed by atoms with Crippen molar-refractivity contribution < 1.29 is 19.1 Å². The van der Waals surface area contributed by atoms with Crippen LogP contribution < -0.4 is 20.3 Å². The van der Waals surface area contributed by atoms with Crippen LogP contribution in [0.2, 0.25) is 0 Å². The average Bonchev–Trinajstić information content (AvgIpc) is 3.21. The van der Waals surface area contributed by atoms with Crippen LogP contribution in [-0.4, -0.2) is 45.2 Å². The largest absolute Gasteiger partial charge is 0.494 e. The Hall–Kier alpha value is -3.95. The highest BCUT2D eigenvalue weighted by Crippen LogP contribution is 2.17. The van der Waals surface area contributed by atoms with E-state index in [0.717, 1.165) is 10.4 Å². The number of rotatable bonds is 8. The van der Waals surface area contributed by atoms with Gasteiger partial charge >= 0.3 is 0 Å². The van der Waals surface area contributed by atoms with Crippen molar-refractivity contribution in [2.24, 2.45) is 0 Å². The van der Waals surface area contributed by atoms with E-state index >= 15 is 0 Å². The molecule has 0 unspecified atom stereocenters. The molecule has 1 heterocycles. The molecule has 0 radical (unpaired) electrons. The van der Waals surface area contributed by atoms with E-state index < -0.39 is 11.8 Å². The molecule has 0 bridgehead atoms. The highest BCUT2D eigenvalue weighted by atomic mass is 16.5. The van der Waals surface area contributed by atoms with E-state index in [2.05, 4.69) is 26.3 Å². The second-order valence-corrected chi connectivity index (χ2v) is 5.80. The number of nitrogens with one attached hydrogen (secondary N) is 2. The number of amides is 2. The minimum atomic E-state index is -0.510. The third kappa shape index (κ3) is 6.03. The van der Waals surface area contributed by atoms with Crippen LogP contribution in [0.3, 0.4) is 0 Å². The maximum atomic E-state index is 11.9. The van der Waals surface area contributed by atoms with Gasteiger partial charge < -0.3 is 9.47 Å². The predicted octanol–water partition coefficient (Wildman–Crippen LogP) is 0.965. The number of hydrogen-bond acceptors (Lipinski definition) is 7. The molecule has 0 aliphatic carbocycles. The molecule has 0 aliphatic rings. The van der Waals surface area contributed by atoms with Crippen LogP contribution in [0.15, 0.2) is 54.6 Å². The number of ether oxygens (including phenoxy) is 2. The lowest BCUT2D eigenvalue weighted by molar-refractivity contribution is -0.130. The first-order valence-corrected chi connectivity index (χ1v) is 8.90. The highest BCUT2D eigenvalue weighted by Gasteiger charge is 2.10. The van der Waals surface area contributed by atoms with Crippen LogP contribution >= 0.6 is 0 Å². The van der Waals surface area contributed by atoms with E-state index in [1.54, 1.807) is 24.3 Å². The van der Waals surface area contributed by atoms with Gasteiger partial charge in [0.25, 0.3) is 11.8 Å². The number of benzene rings is 2. The summed E-state index contributed by atoms with van der Waals surface area (Å²) in [4.78, 5) is 24.9. The molecule has 150 valence electrons. The lowest BCUT2D eigenvalue weighted by Gasteiger charge is -2.09. The summed E-state index contributed by atoms with van der Waals surface area (Å²) in [7, 11) is 0. The molecule has 2 N–H and O–H groups in total. The van der Waals surface area contributed by atoms with Gasteiger partial charge in [0, 0.05) is 5.56 Å². The minimum absolute atomic E-state index is 0.195. The number of hydrazine groups is 1. The van der Waals surface area contributed by atoms with E-state index in [9.17, 15) is 9.59 Å². The summed E-state index contributed by atoms with van der Waals surface area (Å²) in [5.74, 6) is 0.621. The molecule has 0 spiro atoms. The van der Waals surface area contributed by atoms with Crippen LogP contribution in [0, 0.1) is 0 Å². The van der Waals surface area contributed by atoms with Crippen molar-refractivity contribution in [3.8, 4) is 22.9 Å². The maximum Gasteiger partial charge on any atom is 0.276 e. The molecule has 0 saturated carbocycles. The zero-order valence-electron chi connectivity index (χ0n) is 15.7. The lowest BCUT2D eigenvalue weighted by Crippen LogP contribution is -2.45. The van der Waals surface area contributed by atoms with Gasteiger partial charge in [0.05, 0.1) is 6.61 Å². The molecule has 3 rings (SSSR count). The van der Waals surface area contributed by atoms with E-state index in [0.29, 0.717) is 23.9 Å². The van der Waals surface area contributed by atoms with Crippen molar-refractivity contribution in [1.29, 1.82) is 0 Å². The van der Waals surface area contributed by atoms with Gasteiger partial charge in [-0.1, -0.05) is 30.3 Å². The molecule has 0 fully saturated rings. The number of nitrogens with zero attached hydrogens (tertiary/aromatic N) is 4. The van der Waals surface area contributed by atoms with Crippen molar-refractivity contribution in [1.82, 2.24) is 31.1 Å². The Bertz CT molecular complexity index is 943. The molecule has 10 heteroatoms. The molecular formula is C19H20N6O4. The summed E-state index contributed by atoms with van der Waals surface area (Å²) in [6.45, 7) is 2.01. The molecule has 2 amide bonds. The highest BCUT2D eigenvalue weighted by molar-refractivity contribution is 5.82. The number of carbonyl (C=O) groups excluding carboxylic acids is 2. The van der Waals surface area contributed by atoms with Gasteiger partial charge in [0.1, 0.15) is 18.0 Å². The van der Waals surface area contributed by atoms with Crippen molar-refractivity contribution in [2.75, 3.05) is 13.2 Å². The Morgan fingerprint density at radius 3 is 2.28 bits per heavy atom. The summed E-state index contributed by atoms with van der Waals surface area (Å²) in [6.07, 6.45) is 0. The number of tetrazole rings is 1. The third-order valence-electron chi connectivity index (χ3n) is 3.62. The minimum Gasteiger partial charge on any atom is -0.494 e. The zero-order valence-corrected chi connectivity index (χ0v) is 15.7. The van der Waals surface area contributed by atoms with Crippen molar-refractivity contribution in [3.05, 3.63) is 54.6 Å². The summed E-state index contributed by atoms with van der Waals surface area (Å²) < 4.78 is 10.7. The standard InChI is InChI=1S/C19H20N6O4/c1-2-28-15-8-10-16(11-9-15)29-13-18(27)21-20-17(26)12-25-23-19(22-24-25)14-6-4-3-5-7-14/h3-11H,2,12-13H2,1H3,(H,20,26)(H,21,27). The number of carbonyl (C=O) groups is 2. The van der Waals surface area contributed by atoms with Crippen molar-refractivity contribution >= 4 is 11.8 Å². The molecular weight excluding hydrogens is 376 g/mol. The smallest absolute Gasteiger partial charge is 0.276 e. The SMILES string of the molecule is CCOc1ccc(OCC(=O)NNC(=O)Cn2nnc(-c3ccccc3)n2)cc1. The summed E-state index contributed by atoms with van der Waals surface area (Å²) in [5, 5.41) is 11.9. The zero-order chi connectivity index (χ0) is 20.5. The van der Waals surface area contributed by atoms with Crippen LogP contribution in [0.25, 0.3) is 11.4 Å². The number of hydrogen-bond donors (Lipinski definition) is 2. The normalized spacial score (nSPS) is 10.2. The maximum absolute atomic E-state index is 11.9. The van der Waals surface area contributed by atoms with Gasteiger partial charge in [0.2, 0.25) is 5.82 Å². The first kappa shape index (κ1) is 19.8. The van der Waals surface area contributed by atoms with Crippen LogP contribution in [0.5, 0.6) is 11.5 Å². The molecule has 0 saturated heterocycles. The number of aromatic nitrogens is 4. The van der Waals surface area contributed by atoms with E-state index in [4.69, 9.17) is 9.47 Å². The van der Waals surface area contributed by atoms with Gasteiger partial charge in [-0.25, -0.2) is 0 Å². The lowest BCUT2D eigenvalue weighted by atomic mass is 10.2. The summed E-state index contributed by atoms with van der Waals surface area (Å²) in [6, 6.07) is 16.1. The quantitative estimate of drug-likeness (QED) is 0.544. The summed E-state index contributed by atoms with van der Waals surface area (Å²) in [5.41, 5.74) is 5.33. The molecule has 10 nitrogen and oxygen atoms in total. The van der Waals surface area contributed by atoms with Crippen molar-refractivity contribution in [3.63, 3.8) is 0 Å². The molecule has 0 aliphatic heterocycles. The Morgan fingerprint density at radius 2 is 1.59 bits per heavy atom. The second kappa shape index (κ2) is 9.83. The Kier molecular flexibility index (Phi) is 6.71. The van der Waals surface area contributed by atoms with E-state index in [1.807, 2.05) is 37.3 Å². The van der Waals surface area contributed by atoms with Gasteiger partial charge in [-0.3, -0.25) is 20.4 Å². The fourth-order valence-corrected chi connectivity index (χ4v) is 2.30. The predicted molar refractivity (Wildman–Crippen MR) is 103 cm³/mol. The first-order chi connectivity index (χ1) is 14.1. The topological polar surface area (TPSA) is 120 Å². The Morgan fingerprint density at radius 1 is 0.931 bits per heavy atom. The Balaban J connectivity index is 1.40. The fraction of sp³-hybridized carbons (Fsp3) is 0.211. The molecule has 2 aromatic carbocycles. The fourth-order valence-electron chi connectivity index (χ4n) is 2.30. The first-order valence-electron chi connectivity index (χ1n) is 8.90. The van der Waals surface area contributed by atoms with Crippen LogP contribution in [0.1, 0.15) is 6.92 Å². The van der Waals surface area contributed by atoms with Gasteiger partial charge in [-0.2, -0.15) is 4.80 Å². The average molecular weight is 396 g/mol. The second-order valence-electron chi connectivity index (χ2n) is 5.80. The van der Waals surface area contributed by atoms with Gasteiger partial charge in [-0.15, -0.1) is 10.2 Å².